The maximum atomic E-state index is 14.5. The number of likely N-dealkylation sites (tertiary alicyclic amines) is 1. The SMILES string of the molecule is C=CCN(CCC)C(=O)[C@@H]1[C@@H]2CCC3(O2)C(C(=O)N(CC=C)c2ccc(OC)cc2)N(CCCCCO)C(=O)[C@H]13. The Morgan fingerprint density at radius 3 is 2.50 bits per heavy atom. The number of nitrogens with zero attached hydrogens (tertiary/aromatic N) is 3. The van der Waals surface area contributed by atoms with Gasteiger partial charge in [-0.1, -0.05) is 19.1 Å². The number of carbonyl (C=O) groups is 3. The third-order valence-corrected chi connectivity index (χ3v) is 8.49. The summed E-state index contributed by atoms with van der Waals surface area (Å²) in [5.74, 6) is -1.20. The summed E-state index contributed by atoms with van der Waals surface area (Å²) in [5.41, 5.74) is -0.396. The van der Waals surface area contributed by atoms with E-state index in [4.69, 9.17) is 9.47 Å². The highest BCUT2D eigenvalue weighted by Gasteiger charge is 2.74. The Balaban J connectivity index is 1.72. The van der Waals surface area contributed by atoms with Crippen molar-refractivity contribution in [1.29, 1.82) is 0 Å². The van der Waals surface area contributed by atoms with E-state index in [1.54, 1.807) is 46.1 Å². The predicted octanol–water partition coefficient (Wildman–Crippen LogP) is 3.18. The summed E-state index contributed by atoms with van der Waals surface area (Å²) >= 11 is 0. The van der Waals surface area contributed by atoms with E-state index in [0.717, 1.165) is 12.8 Å². The van der Waals surface area contributed by atoms with E-state index in [-0.39, 0.29) is 30.9 Å². The van der Waals surface area contributed by atoms with Gasteiger partial charge in [0.1, 0.15) is 17.4 Å². The van der Waals surface area contributed by atoms with Crippen molar-refractivity contribution < 1.29 is 29.0 Å². The summed E-state index contributed by atoms with van der Waals surface area (Å²) in [6, 6.07) is 6.35. The van der Waals surface area contributed by atoms with Crippen molar-refractivity contribution in [3.05, 3.63) is 49.6 Å². The minimum absolute atomic E-state index is 0.0748. The Labute approximate surface area is 237 Å². The van der Waals surface area contributed by atoms with E-state index < -0.39 is 29.6 Å². The summed E-state index contributed by atoms with van der Waals surface area (Å²) in [7, 11) is 1.59. The highest BCUT2D eigenvalue weighted by Crippen LogP contribution is 2.59. The van der Waals surface area contributed by atoms with Gasteiger partial charge in [0, 0.05) is 38.5 Å². The average Bonchev–Trinajstić information content (AvgIpc) is 3.60. The van der Waals surface area contributed by atoms with Gasteiger partial charge in [-0.25, -0.2) is 0 Å². The van der Waals surface area contributed by atoms with E-state index in [0.29, 0.717) is 56.8 Å². The van der Waals surface area contributed by atoms with Gasteiger partial charge in [-0.2, -0.15) is 0 Å². The molecule has 1 spiro atoms. The second kappa shape index (κ2) is 13.0. The molecule has 2 unspecified atom stereocenters. The Hall–Kier alpha value is -3.17. The molecule has 0 saturated carbocycles. The number of hydrogen-bond acceptors (Lipinski definition) is 6. The van der Waals surface area contributed by atoms with Crippen LogP contribution in [0.15, 0.2) is 49.6 Å². The van der Waals surface area contributed by atoms with Crippen molar-refractivity contribution in [3.8, 4) is 5.75 Å². The molecule has 9 heteroatoms. The van der Waals surface area contributed by atoms with Crippen molar-refractivity contribution in [2.75, 3.05) is 44.8 Å². The molecule has 40 heavy (non-hydrogen) atoms. The molecule has 1 N–H and O–H groups in total. The van der Waals surface area contributed by atoms with Crippen LogP contribution in [-0.4, -0.2) is 90.3 Å². The lowest BCUT2D eigenvalue weighted by Gasteiger charge is -2.37. The molecule has 1 aromatic rings. The van der Waals surface area contributed by atoms with Gasteiger partial charge in [0.05, 0.1) is 25.0 Å². The molecule has 9 nitrogen and oxygen atoms in total. The Kier molecular flexibility index (Phi) is 9.68. The number of fused-ring (bicyclic) bond motifs is 1. The first-order valence-electron chi connectivity index (χ1n) is 14.4. The number of aliphatic hydroxyl groups excluding tert-OH is 1. The van der Waals surface area contributed by atoms with E-state index in [2.05, 4.69) is 13.2 Å². The topological polar surface area (TPSA) is 99.6 Å². The molecule has 0 aromatic heterocycles. The van der Waals surface area contributed by atoms with Crippen LogP contribution >= 0.6 is 0 Å². The minimum atomic E-state index is -1.06. The number of unbranched alkanes of at least 4 members (excludes halogenated alkanes) is 2. The van der Waals surface area contributed by atoms with Gasteiger partial charge in [0.15, 0.2) is 0 Å². The number of ether oxygens (including phenoxy) is 2. The standard InChI is InChI=1S/C31H43N3O6/c1-5-17-32(18-6-2)28(36)25-24-15-16-31(40-24)26(25)29(37)34(20-9-8-10-21-35)27(31)30(38)33(19-7-3)22-11-13-23(39-4)14-12-22/h5,7,11-14,24-27,35H,1,3,6,8-10,15-21H2,2,4H3/t24-,25+,26-,27?,31?/m0/s1. The van der Waals surface area contributed by atoms with Crippen LogP contribution in [-0.2, 0) is 19.1 Å². The van der Waals surface area contributed by atoms with Crippen LogP contribution in [0.25, 0.3) is 0 Å². The number of anilines is 1. The maximum absolute atomic E-state index is 14.5. The van der Waals surface area contributed by atoms with Crippen molar-refractivity contribution in [2.45, 2.75) is 63.2 Å². The summed E-state index contributed by atoms with van der Waals surface area (Å²) < 4.78 is 11.9. The maximum Gasteiger partial charge on any atom is 0.253 e. The van der Waals surface area contributed by atoms with Gasteiger partial charge < -0.3 is 29.3 Å². The third-order valence-electron chi connectivity index (χ3n) is 8.49. The van der Waals surface area contributed by atoms with Gasteiger partial charge in [0.25, 0.3) is 5.91 Å². The Morgan fingerprint density at radius 2 is 1.88 bits per heavy atom. The molecule has 2 bridgehead atoms. The Bertz CT molecular complexity index is 1090. The highest BCUT2D eigenvalue weighted by atomic mass is 16.5. The first-order valence-corrected chi connectivity index (χ1v) is 14.4. The largest absolute Gasteiger partial charge is 0.497 e. The van der Waals surface area contributed by atoms with Gasteiger partial charge in [-0.3, -0.25) is 14.4 Å². The van der Waals surface area contributed by atoms with Crippen molar-refractivity contribution in [2.24, 2.45) is 11.8 Å². The third kappa shape index (κ3) is 5.29. The zero-order valence-corrected chi connectivity index (χ0v) is 23.8. The first kappa shape index (κ1) is 29.8. The number of carbonyl (C=O) groups excluding carboxylic acids is 3. The molecule has 0 radical (unpaired) electrons. The van der Waals surface area contributed by atoms with Crippen LogP contribution in [0, 0.1) is 11.8 Å². The zero-order valence-electron chi connectivity index (χ0n) is 23.8. The molecule has 4 rings (SSSR count). The normalized spacial score (nSPS) is 26.5. The zero-order chi connectivity index (χ0) is 28.9. The monoisotopic (exact) mass is 553 g/mol. The summed E-state index contributed by atoms with van der Waals surface area (Å²) in [6.45, 7) is 11.3. The van der Waals surface area contributed by atoms with Crippen LogP contribution in [0.3, 0.4) is 0 Å². The number of aliphatic hydroxyl groups is 1. The van der Waals surface area contributed by atoms with E-state index in [1.165, 1.54) is 0 Å². The highest BCUT2D eigenvalue weighted by molar-refractivity contribution is 6.05. The average molecular weight is 554 g/mol. The molecule has 3 fully saturated rings. The second-order valence-corrected chi connectivity index (χ2v) is 10.9. The van der Waals surface area contributed by atoms with Crippen LogP contribution in [0.5, 0.6) is 5.75 Å². The molecule has 3 amide bonds. The van der Waals surface area contributed by atoms with Crippen LogP contribution in [0.2, 0.25) is 0 Å². The lowest BCUT2D eigenvalue weighted by atomic mass is 9.70. The summed E-state index contributed by atoms with van der Waals surface area (Å²) in [6.07, 6.45) is 6.92. The fourth-order valence-electron chi connectivity index (χ4n) is 6.81. The summed E-state index contributed by atoms with van der Waals surface area (Å²) in [5, 5.41) is 9.27. The number of rotatable bonds is 15. The molecule has 1 aromatic carbocycles. The first-order chi connectivity index (χ1) is 19.4. The second-order valence-electron chi connectivity index (χ2n) is 10.9. The number of hydrogen-bond donors (Lipinski definition) is 1. The van der Waals surface area contributed by atoms with Crippen molar-refractivity contribution in [1.82, 2.24) is 9.80 Å². The fourth-order valence-corrected chi connectivity index (χ4v) is 6.81. The Morgan fingerprint density at radius 1 is 1.15 bits per heavy atom. The molecule has 3 aliphatic heterocycles. The molecule has 3 heterocycles. The van der Waals surface area contributed by atoms with Crippen LogP contribution in [0.4, 0.5) is 5.69 Å². The molecule has 3 aliphatic rings. The van der Waals surface area contributed by atoms with Gasteiger partial charge in [-0.15, -0.1) is 13.2 Å². The van der Waals surface area contributed by atoms with Gasteiger partial charge in [0.2, 0.25) is 11.8 Å². The van der Waals surface area contributed by atoms with Crippen molar-refractivity contribution in [3.63, 3.8) is 0 Å². The molecular weight excluding hydrogens is 510 g/mol. The van der Waals surface area contributed by atoms with Crippen LogP contribution in [0.1, 0.15) is 45.4 Å². The molecule has 218 valence electrons. The number of methoxy groups -OCH3 is 1. The van der Waals surface area contributed by atoms with Gasteiger partial charge in [-0.05, 0) is 62.8 Å². The number of amides is 3. The lowest BCUT2D eigenvalue weighted by molar-refractivity contribution is -0.145. The quantitative estimate of drug-likeness (QED) is 0.265. The van der Waals surface area contributed by atoms with Crippen LogP contribution < -0.4 is 9.64 Å². The minimum Gasteiger partial charge on any atom is -0.497 e. The smallest absolute Gasteiger partial charge is 0.253 e. The van der Waals surface area contributed by atoms with E-state index in [1.807, 2.05) is 19.1 Å². The molecule has 5 atom stereocenters. The lowest BCUT2D eigenvalue weighted by Crippen LogP contribution is -2.56. The predicted molar refractivity (Wildman–Crippen MR) is 153 cm³/mol. The van der Waals surface area contributed by atoms with E-state index >= 15 is 0 Å². The molecule has 0 aliphatic carbocycles. The molecule has 3 saturated heterocycles. The number of benzene rings is 1. The van der Waals surface area contributed by atoms with E-state index in [9.17, 15) is 19.5 Å². The molecular formula is C31H43N3O6. The fraction of sp³-hybridized carbons (Fsp3) is 0.581. The summed E-state index contributed by atoms with van der Waals surface area (Å²) in [4.78, 5) is 47.6. The van der Waals surface area contributed by atoms with Crippen molar-refractivity contribution >= 4 is 23.4 Å². The van der Waals surface area contributed by atoms with Gasteiger partial charge >= 0.3 is 0 Å².